The smallest absolute Gasteiger partial charge is 0.153 e. The van der Waals surface area contributed by atoms with Crippen LogP contribution in [0.4, 0.5) is 0 Å². The standard InChI is InChI=1S/C10H10O3/c1-7-3-8(5-11)10(13-2)9(4-7)6-12/h3-6H,1-2H3. The zero-order chi connectivity index (χ0) is 9.84. The van der Waals surface area contributed by atoms with Crippen molar-refractivity contribution in [3.05, 3.63) is 28.8 Å². The van der Waals surface area contributed by atoms with Crippen LogP contribution in [0.25, 0.3) is 0 Å². The number of carbonyl (C=O) groups is 2. The summed E-state index contributed by atoms with van der Waals surface area (Å²) in [5, 5.41) is 0. The van der Waals surface area contributed by atoms with E-state index < -0.39 is 0 Å². The molecule has 3 nitrogen and oxygen atoms in total. The first-order valence-corrected chi connectivity index (χ1v) is 3.82. The van der Waals surface area contributed by atoms with Gasteiger partial charge in [0.05, 0.1) is 18.2 Å². The summed E-state index contributed by atoms with van der Waals surface area (Å²) in [5.41, 5.74) is 1.68. The van der Waals surface area contributed by atoms with Crippen LogP contribution in [0, 0.1) is 6.92 Å². The number of hydrogen-bond donors (Lipinski definition) is 0. The fourth-order valence-electron chi connectivity index (χ4n) is 1.24. The quantitative estimate of drug-likeness (QED) is 0.660. The lowest BCUT2D eigenvalue weighted by molar-refractivity contribution is 0.111. The molecule has 0 fully saturated rings. The number of benzene rings is 1. The van der Waals surface area contributed by atoms with Gasteiger partial charge in [0.15, 0.2) is 12.6 Å². The zero-order valence-corrected chi connectivity index (χ0v) is 7.53. The molecule has 0 spiro atoms. The normalized spacial score (nSPS) is 9.38. The summed E-state index contributed by atoms with van der Waals surface area (Å²) in [6, 6.07) is 3.36. The molecule has 13 heavy (non-hydrogen) atoms. The summed E-state index contributed by atoms with van der Waals surface area (Å²) in [7, 11) is 1.44. The summed E-state index contributed by atoms with van der Waals surface area (Å²) in [6.45, 7) is 1.82. The highest BCUT2D eigenvalue weighted by molar-refractivity contribution is 5.88. The molecule has 1 aromatic carbocycles. The lowest BCUT2D eigenvalue weighted by Gasteiger charge is -2.06. The Kier molecular flexibility index (Phi) is 2.80. The molecule has 0 amide bonds. The van der Waals surface area contributed by atoms with Crippen LogP contribution in [0.1, 0.15) is 26.3 Å². The Bertz CT molecular complexity index is 313. The monoisotopic (exact) mass is 178 g/mol. The maximum absolute atomic E-state index is 10.6. The van der Waals surface area contributed by atoms with E-state index in [1.54, 1.807) is 12.1 Å². The average molecular weight is 178 g/mol. The number of aldehydes is 2. The van der Waals surface area contributed by atoms with E-state index in [2.05, 4.69) is 0 Å². The fraction of sp³-hybridized carbons (Fsp3) is 0.200. The minimum absolute atomic E-state index is 0.343. The molecular formula is C10H10O3. The SMILES string of the molecule is COc1c(C=O)cc(C)cc1C=O. The van der Waals surface area contributed by atoms with Crippen molar-refractivity contribution in [2.24, 2.45) is 0 Å². The first-order chi connectivity index (χ1) is 6.22. The van der Waals surface area contributed by atoms with E-state index in [9.17, 15) is 9.59 Å². The van der Waals surface area contributed by atoms with Gasteiger partial charge in [-0.3, -0.25) is 9.59 Å². The lowest BCUT2D eigenvalue weighted by Crippen LogP contribution is -1.96. The van der Waals surface area contributed by atoms with Gasteiger partial charge in [-0.05, 0) is 24.6 Å². The lowest BCUT2D eigenvalue weighted by atomic mass is 10.1. The molecule has 0 atom stereocenters. The molecule has 0 bridgehead atoms. The van der Waals surface area contributed by atoms with Gasteiger partial charge in [0.2, 0.25) is 0 Å². The molecule has 0 aliphatic rings. The van der Waals surface area contributed by atoms with Gasteiger partial charge >= 0.3 is 0 Å². The molecule has 0 saturated carbocycles. The second-order valence-electron chi connectivity index (χ2n) is 2.71. The molecule has 0 heterocycles. The van der Waals surface area contributed by atoms with Crippen molar-refractivity contribution >= 4 is 12.6 Å². The number of carbonyl (C=O) groups excluding carboxylic acids is 2. The summed E-state index contributed by atoms with van der Waals surface area (Å²) >= 11 is 0. The first kappa shape index (κ1) is 9.45. The van der Waals surface area contributed by atoms with Gasteiger partial charge in [0, 0.05) is 0 Å². The van der Waals surface area contributed by atoms with Crippen molar-refractivity contribution in [1.29, 1.82) is 0 Å². The predicted molar refractivity (Wildman–Crippen MR) is 48.5 cm³/mol. The Morgan fingerprint density at radius 2 is 1.62 bits per heavy atom. The fourth-order valence-corrected chi connectivity index (χ4v) is 1.24. The minimum atomic E-state index is 0.343. The molecule has 1 rings (SSSR count). The second kappa shape index (κ2) is 3.85. The van der Waals surface area contributed by atoms with Gasteiger partial charge in [0.1, 0.15) is 5.75 Å². The Balaban J connectivity index is 3.41. The van der Waals surface area contributed by atoms with Crippen LogP contribution in [0.15, 0.2) is 12.1 Å². The van der Waals surface area contributed by atoms with E-state index in [-0.39, 0.29) is 0 Å². The van der Waals surface area contributed by atoms with Crippen LogP contribution in [-0.4, -0.2) is 19.7 Å². The van der Waals surface area contributed by atoms with Crippen LogP contribution < -0.4 is 4.74 Å². The third-order valence-electron chi connectivity index (χ3n) is 1.75. The number of aryl methyl sites for hydroxylation is 1. The molecule has 0 N–H and O–H groups in total. The second-order valence-corrected chi connectivity index (χ2v) is 2.71. The summed E-state index contributed by atoms with van der Waals surface area (Å²) < 4.78 is 4.95. The highest BCUT2D eigenvalue weighted by Crippen LogP contribution is 2.22. The van der Waals surface area contributed by atoms with Gasteiger partial charge < -0.3 is 4.74 Å². The molecule has 0 aliphatic carbocycles. The number of hydrogen-bond acceptors (Lipinski definition) is 3. The minimum Gasteiger partial charge on any atom is -0.495 e. The maximum atomic E-state index is 10.6. The first-order valence-electron chi connectivity index (χ1n) is 3.82. The molecule has 0 radical (unpaired) electrons. The van der Waals surface area contributed by atoms with E-state index in [0.717, 1.165) is 5.56 Å². The van der Waals surface area contributed by atoms with Crippen LogP contribution in [0.2, 0.25) is 0 Å². The molecule has 0 saturated heterocycles. The molecule has 0 aromatic heterocycles. The maximum Gasteiger partial charge on any atom is 0.153 e. The van der Waals surface area contributed by atoms with Gasteiger partial charge in [-0.15, -0.1) is 0 Å². The highest BCUT2D eigenvalue weighted by atomic mass is 16.5. The van der Waals surface area contributed by atoms with Crippen molar-refractivity contribution in [1.82, 2.24) is 0 Å². The zero-order valence-electron chi connectivity index (χ0n) is 7.53. The third-order valence-corrected chi connectivity index (χ3v) is 1.75. The van der Waals surface area contributed by atoms with E-state index in [4.69, 9.17) is 4.74 Å². The van der Waals surface area contributed by atoms with E-state index in [0.29, 0.717) is 29.4 Å². The van der Waals surface area contributed by atoms with Crippen molar-refractivity contribution in [2.75, 3.05) is 7.11 Å². The average Bonchev–Trinajstić information content (AvgIpc) is 2.16. The van der Waals surface area contributed by atoms with Gasteiger partial charge in [-0.2, -0.15) is 0 Å². The number of ether oxygens (including phenoxy) is 1. The Morgan fingerprint density at radius 1 is 1.15 bits per heavy atom. The summed E-state index contributed by atoms with van der Waals surface area (Å²) in [5.74, 6) is 0.343. The highest BCUT2D eigenvalue weighted by Gasteiger charge is 2.08. The topological polar surface area (TPSA) is 43.4 Å². The van der Waals surface area contributed by atoms with Crippen molar-refractivity contribution in [3.63, 3.8) is 0 Å². The Labute approximate surface area is 76.3 Å². The Morgan fingerprint density at radius 3 is 1.92 bits per heavy atom. The third kappa shape index (κ3) is 1.75. The summed E-state index contributed by atoms with van der Waals surface area (Å²) in [4.78, 5) is 21.2. The summed E-state index contributed by atoms with van der Waals surface area (Å²) in [6.07, 6.45) is 1.36. The van der Waals surface area contributed by atoms with Crippen molar-refractivity contribution in [3.8, 4) is 5.75 Å². The van der Waals surface area contributed by atoms with Crippen molar-refractivity contribution < 1.29 is 14.3 Å². The van der Waals surface area contributed by atoms with Crippen molar-refractivity contribution in [2.45, 2.75) is 6.92 Å². The molecule has 1 aromatic rings. The van der Waals surface area contributed by atoms with Gasteiger partial charge in [-0.25, -0.2) is 0 Å². The van der Waals surface area contributed by atoms with Crippen LogP contribution in [0.3, 0.4) is 0 Å². The van der Waals surface area contributed by atoms with Crippen LogP contribution in [0.5, 0.6) is 5.75 Å². The predicted octanol–water partition coefficient (Wildman–Crippen LogP) is 1.63. The van der Waals surface area contributed by atoms with Gasteiger partial charge in [-0.1, -0.05) is 0 Å². The van der Waals surface area contributed by atoms with E-state index in [1.165, 1.54) is 7.11 Å². The molecule has 0 aliphatic heterocycles. The molecule has 0 unspecified atom stereocenters. The molecular weight excluding hydrogens is 168 g/mol. The van der Waals surface area contributed by atoms with Gasteiger partial charge in [0.25, 0.3) is 0 Å². The van der Waals surface area contributed by atoms with Crippen LogP contribution >= 0.6 is 0 Å². The molecule has 68 valence electrons. The van der Waals surface area contributed by atoms with E-state index >= 15 is 0 Å². The van der Waals surface area contributed by atoms with Crippen LogP contribution in [-0.2, 0) is 0 Å². The molecule has 3 heteroatoms. The van der Waals surface area contributed by atoms with E-state index in [1.807, 2.05) is 6.92 Å². The number of methoxy groups -OCH3 is 1. The Hall–Kier alpha value is -1.64. The number of rotatable bonds is 3. The largest absolute Gasteiger partial charge is 0.495 e.